The van der Waals surface area contributed by atoms with Crippen LogP contribution >= 0.6 is 11.3 Å². The number of nitro groups is 1. The topological polar surface area (TPSA) is 88.8 Å². The molecule has 3 aromatic rings. The maximum absolute atomic E-state index is 13.2. The second-order valence-electron chi connectivity index (χ2n) is 6.36. The van der Waals surface area contributed by atoms with Crippen LogP contribution < -0.4 is 9.64 Å². The zero-order chi connectivity index (χ0) is 20.3. The Labute approximate surface area is 166 Å². The number of thiazole rings is 1. The highest BCUT2D eigenvalue weighted by Gasteiger charge is 2.27. The summed E-state index contributed by atoms with van der Waals surface area (Å²) in [6.45, 7) is 0.945. The molecular weight excluding hydrogens is 380 g/mol. The normalized spacial score (nSPS) is 11.0. The van der Waals surface area contributed by atoms with E-state index in [2.05, 4.69) is 4.98 Å². The van der Waals surface area contributed by atoms with Crippen LogP contribution in [0.4, 0.5) is 10.8 Å². The molecule has 0 saturated heterocycles. The third-order valence-electron chi connectivity index (χ3n) is 4.16. The summed E-state index contributed by atoms with van der Waals surface area (Å²) >= 11 is 1.35. The van der Waals surface area contributed by atoms with Gasteiger partial charge in [0.15, 0.2) is 5.13 Å². The number of hydrogen-bond donors (Lipinski definition) is 0. The molecule has 0 radical (unpaired) electrons. The number of benzene rings is 2. The lowest BCUT2D eigenvalue weighted by atomic mass is 10.1. The Kier molecular flexibility index (Phi) is 5.86. The summed E-state index contributed by atoms with van der Waals surface area (Å²) < 4.78 is 6.12. The zero-order valence-corrected chi connectivity index (χ0v) is 16.6. The van der Waals surface area contributed by atoms with E-state index >= 15 is 0 Å². The number of anilines is 1. The molecule has 1 aromatic heterocycles. The quantitative estimate of drug-likeness (QED) is 0.446. The predicted octanol–water partition coefficient (Wildman–Crippen LogP) is 3.42. The third-order valence-corrected chi connectivity index (χ3v) is 5.20. The number of ether oxygens (including phenoxy) is 1. The summed E-state index contributed by atoms with van der Waals surface area (Å²) in [5.74, 6) is 0.257. The van der Waals surface area contributed by atoms with Gasteiger partial charge in [-0.3, -0.25) is 19.8 Å². The van der Waals surface area contributed by atoms with Crippen LogP contribution in [0.25, 0.3) is 10.2 Å². The summed E-state index contributed by atoms with van der Waals surface area (Å²) in [6, 6.07) is 11.5. The number of nitro benzene ring substituents is 1. The molecule has 0 unspecified atom stereocenters. The van der Waals surface area contributed by atoms with E-state index in [0.717, 1.165) is 10.2 Å². The monoisotopic (exact) mass is 400 g/mol. The molecule has 0 aliphatic rings. The van der Waals surface area contributed by atoms with Gasteiger partial charge in [-0.15, -0.1) is 0 Å². The van der Waals surface area contributed by atoms with Crippen molar-refractivity contribution in [1.29, 1.82) is 0 Å². The highest BCUT2D eigenvalue weighted by Crippen LogP contribution is 2.33. The van der Waals surface area contributed by atoms with Crippen LogP contribution in [-0.4, -0.2) is 55.0 Å². The molecule has 1 amide bonds. The Morgan fingerprint density at radius 3 is 2.64 bits per heavy atom. The summed E-state index contributed by atoms with van der Waals surface area (Å²) in [6.07, 6.45) is 0. The molecule has 146 valence electrons. The van der Waals surface area contributed by atoms with Crippen molar-refractivity contribution in [3.63, 3.8) is 0 Å². The first-order chi connectivity index (χ1) is 13.4. The van der Waals surface area contributed by atoms with Gasteiger partial charge in [0.05, 0.1) is 22.2 Å². The molecule has 0 bridgehead atoms. The van der Waals surface area contributed by atoms with Gasteiger partial charge in [0.25, 0.3) is 11.6 Å². The minimum atomic E-state index is -0.541. The van der Waals surface area contributed by atoms with Crippen LogP contribution in [0, 0.1) is 10.1 Å². The fourth-order valence-corrected chi connectivity index (χ4v) is 3.70. The number of carbonyl (C=O) groups is 1. The largest absolute Gasteiger partial charge is 0.497 e. The van der Waals surface area contributed by atoms with Crippen molar-refractivity contribution in [2.45, 2.75) is 0 Å². The molecule has 0 fully saturated rings. The number of fused-ring (bicyclic) bond motifs is 1. The number of hydrogen-bond acceptors (Lipinski definition) is 7. The van der Waals surface area contributed by atoms with Gasteiger partial charge in [-0.25, -0.2) is 4.98 Å². The number of amides is 1. The van der Waals surface area contributed by atoms with Crippen molar-refractivity contribution in [2.75, 3.05) is 39.2 Å². The first kappa shape index (κ1) is 19.7. The SMILES string of the molecule is COc1ccc2nc(N(CCN(C)C)C(=O)c3ccccc3[N+](=O)[O-])sc2c1. The van der Waals surface area contributed by atoms with Gasteiger partial charge >= 0.3 is 0 Å². The summed E-state index contributed by atoms with van der Waals surface area (Å²) in [4.78, 5) is 32.1. The van der Waals surface area contributed by atoms with E-state index in [4.69, 9.17) is 4.74 Å². The molecule has 28 heavy (non-hydrogen) atoms. The molecule has 2 aromatic carbocycles. The van der Waals surface area contributed by atoms with Crippen LogP contribution in [0.3, 0.4) is 0 Å². The Morgan fingerprint density at radius 1 is 1.21 bits per heavy atom. The number of likely N-dealkylation sites (N-methyl/N-ethyl adjacent to an activating group) is 1. The first-order valence-corrected chi connectivity index (χ1v) is 9.37. The molecule has 8 nitrogen and oxygen atoms in total. The number of nitrogens with zero attached hydrogens (tertiary/aromatic N) is 4. The molecule has 0 N–H and O–H groups in total. The summed E-state index contributed by atoms with van der Waals surface area (Å²) in [5, 5.41) is 11.9. The molecule has 0 atom stereocenters. The van der Waals surface area contributed by atoms with E-state index < -0.39 is 10.8 Å². The predicted molar refractivity (Wildman–Crippen MR) is 109 cm³/mol. The molecule has 0 spiro atoms. The van der Waals surface area contributed by atoms with E-state index in [-0.39, 0.29) is 11.3 Å². The van der Waals surface area contributed by atoms with Gasteiger partial charge in [0, 0.05) is 19.2 Å². The van der Waals surface area contributed by atoms with E-state index in [1.807, 2.05) is 31.1 Å². The van der Waals surface area contributed by atoms with Gasteiger partial charge in [0.1, 0.15) is 11.3 Å². The Hall–Kier alpha value is -3.04. The lowest BCUT2D eigenvalue weighted by molar-refractivity contribution is -0.385. The maximum Gasteiger partial charge on any atom is 0.282 e. The van der Waals surface area contributed by atoms with Crippen LogP contribution in [0.15, 0.2) is 42.5 Å². The van der Waals surface area contributed by atoms with E-state index in [9.17, 15) is 14.9 Å². The third kappa shape index (κ3) is 4.10. The number of carbonyl (C=O) groups excluding carboxylic acids is 1. The van der Waals surface area contributed by atoms with Gasteiger partial charge in [-0.05, 0) is 38.4 Å². The van der Waals surface area contributed by atoms with Crippen molar-refractivity contribution in [2.24, 2.45) is 0 Å². The molecule has 9 heteroatoms. The molecule has 0 aliphatic heterocycles. The zero-order valence-electron chi connectivity index (χ0n) is 15.8. The Balaban J connectivity index is 2.04. The van der Waals surface area contributed by atoms with E-state index in [0.29, 0.717) is 24.0 Å². The minimum absolute atomic E-state index is 0.0445. The summed E-state index contributed by atoms with van der Waals surface area (Å²) in [5.41, 5.74) is 0.569. The second-order valence-corrected chi connectivity index (χ2v) is 7.37. The molecule has 1 heterocycles. The molecular formula is C19H20N4O4S. The number of aromatic nitrogens is 1. The standard InChI is InChI=1S/C19H20N4O4S/c1-21(2)10-11-22(18(24)14-6-4-5-7-16(14)23(25)26)19-20-15-9-8-13(27-3)12-17(15)28-19/h4-9,12H,10-11H2,1-3H3. The maximum atomic E-state index is 13.2. The van der Waals surface area contributed by atoms with Gasteiger partial charge in [-0.1, -0.05) is 23.5 Å². The van der Waals surface area contributed by atoms with Crippen molar-refractivity contribution < 1.29 is 14.5 Å². The fourth-order valence-electron chi connectivity index (χ4n) is 2.68. The molecule has 0 saturated carbocycles. The highest BCUT2D eigenvalue weighted by molar-refractivity contribution is 7.22. The Morgan fingerprint density at radius 2 is 1.96 bits per heavy atom. The van der Waals surface area contributed by atoms with Crippen molar-refractivity contribution in [3.05, 3.63) is 58.1 Å². The average Bonchev–Trinajstić information content (AvgIpc) is 3.10. The van der Waals surface area contributed by atoms with Crippen LogP contribution in [-0.2, 0) is 0 Å². The minimum Gasteiger partial charge on any atom is -0.497 e. The number of para-hydroxylation sites is 1. The number of methoxy groups -OCH3 is 1. The van der Waals surface area contributed by atoms with Gasteiger partial charge in [-0.2, -0.15) is 0 Å². The molecule has 0 aliphatic carbocycles. The van der Waals surface area contributed by atoms with Crippen LogP contribution in [0.2, 0.25) is 0 Å². The first-order valence-electron chi connectivity index (χ1n) is 8.55. The number of rotatable bonds is 7. The van der Waals surface area contributed by atoms with Crippen molar-refractivity contribution in [3.8, 4) is 5.75 Å². The highest BCUT2D eigenvalue weighted by atomic mass is 32.1. The molecule has 3 rings (SSSR count). The average molecular weight is 400 g/mol. The van der Waals surface area contributed by atoms with Crippen molar-refractivity contribution >= 4 is 38.3 Å². The van der Waals surface area contributed by atoms with Gasteiger partial charge < -0.3 is 9.64 Å². The smallest absolute Gasteiger partial charge is 0.282 e. The lowest BCUT2D eigenvalue weighted by Gasteiger charge is -2.21. The van der Waals surface area contributed by atoms with E-state index in [1.54, 1.807) is 25.3 Å². The van der Waals surface area contributed by atoms with Crippen molar-refractivity contribution in [1.82, 2.24) is 9.88 Å². The fraction of sp³-hybridized carbons (Fsp3) is 0.263. The van der Waals surface area contributed by atoms with Gasteiger partial charge in [0.2, 0.25) is 0 Å². The summed E-state index contributed by atoms with van der Waals surface area (Å²) in [7, 11) is 5.39. The lowest BCUT2D eigenvalue weighted by Crippen LogP contribution is -2.37. The second kappa shape index (κ2) is 8.32. The Bertz CT molecular complexity index is 1020. The van der Waals surface area contributed by atoms with Crippen LogP contribution in [0.5, 0.6) is 5.75 Å². The van der Waals surface area contributed by atoms with E-state index in [1.165, 1.54) is 28.4 Å². The van der Waals surface area contributed by atoms with Crippen LogP contribution in [0.1, 0.15) is 10.4 Å².